The molecule has 0 atom stereocenters. The Kier molecular flexibility index (Phi) is 10.6. The van der Waals surface area contributed by atoms with E-state index in [9.17, 15) is 18.4 Å². The van der Waals surface area contributed by atoms with Crippen molar-refractivity contribution in [2.24, 2.45) is 0 Å². The van der Waals surface area contributed by atoms with Gasteiger partial charge in [-0.15, -0.1) is 0 Å². The molecule has 4 heteroatoms. The van der Waals surface area contributed by atoms with Crippen LogP contribution < -0.4 is 0 Å². The van der Waals surface area contributed by atoms with Gasteiger partial charge in [0.15, 0.2) is 11.6 Å². The van der Waals surface area contributed by atoms with Crippen molar-refractivity contribution in [3.8, 4) is 11.8 Å². The number of hydrogen-bond donors (Lipinski definition) is 0. The molecule has 0 bridgehead atoms. The number of Topliss-reactive ketones (excluding diaryl/α,β-unsaturated/α-hetero) is 2. The highest BCUT2D eigenvalue weighted by molar-refractivity contribution is 6.60. The molecular weight excluding hydrogens is 791 g/mol. The van der Waals surface area contributed by atoms with Gasteiger partial charge in [-0.05, 0) is 93.0 Å². The third kappa shape index (κ3) is 7.46. The summed E-state index contributed by atoms with van der Waals surface area (Å²) in [5.74, 6) is 5.74. The lowest BCUT2D eigenvalue weighted by Crippen LogP contribution is -2.01. The number of rotatable bonds is 8. The van der Waals surface area contributed by atoms with Gasteiger partial charge in [0.05, 0.1) is 0 Å². The summed E-state index contributed by atoms with van der Waals surface area (Å²) in [5.41, 5.74) is 13.2. The maximum Gasteiger partial charge on any atom is 0.195 e. The van der Waals surface area contributed by atoms with Gasteiger partial charge in [-0.2, -0.15) is 0 Å². The summed E-state index contributed by atoms with van der Waals surface area (Å²) in [6.07, 6.45) is 0. The van der Waals surface area contributed by atoms with Crippen LogP contribution in [0.5, 0.6) is 0 Å². The van der Waals surface area contributed by atoms with Gasteiger partial charge in [-0.25, -0.2) is 8.78 Å². The first kappa shape index (κ1) is 39.6. The van der Waals surface area contributed by atoms with E-state index >= 15 is 0 Å². The second-order valence-electron chi connectivity index (χ2n) is 15.5. The largest absolute Gasteiger partial charge is 0.289 e. The van der Waals surface area contributed by atoms with Crippen molar-refractivity contribution in [3.05, 3.63) is 286 Å². The fourth-order valence-electron chi connectivity index (χ4n) is 8.70. The lowest BCUT2D eigenvalue weighted by atomic mass is 9.88. The molecule has 0 N–H and O–H groups in total. The third-order valence-corrected chi connectivity index (χ3v) is 11.6. The monoisotopic (exact) mass is 826 g/mol. The van der Waals surface area contributed by atoms with Crippen LogP contribution in [0.15, 0.2) is 218 Å². The van der Waals surface area contributed by atoms with Crippen molar-refractivity contribution < 1.29 is 18.4 Å². The fourth-order valence-corrected chi connectivity index (χ4v) is 8.70. The van der Waals surface area contributed by atoms with E-state index in [1.165, 1.54) is 24.3 Å². The van der Waals surface area contributed by atoms with Crippen molar-refractivity contribution in [3.63, 3.8) is 0 Å². The van der Waals surface area contributed by atoms with E-state index in [4.69, 9.17) is 0 Å². The van der Waals surface area contributed by atoms with Crippen LogP contribution in [0, 0.1) is 23.5 Å². The first-order valence-electron chi connectivity index (χ1n) is 21.0. The Labute approximate surface area is 370 Å². The molecular formula is C60H36F2O2. The quantitative estimate of drug-likeness (QED) is 0.143. The SMILES string of the molecule is O=C1C(c2ccccc2)=C(c2ccc(F)cc2)C(c2ccc(C#Cc3ccc(C4=C(c5ccccc5)C(=O)C(c5ccccc5)=C4c4ccc(F)cc4)cc3)cc2)=C1c1ccccc1. The van der Waals surface area contributed by atoms with E-state index in [2.05, 4.69) is 11.8 Å². The molecule has 0 aromatic heterocycles. The van der Waals surface area contributed by atoms with Crippen molar-refractivity contribution in [1.29, 1.82) is 0 Å². The van der Waals surface area contributed by atoms with Crippen molar-refractivity contribution in [2.75, 3.05) is 0 Å². The van der Waals surface area contributed by atoms with Crippen LogP contribution in [0.3, 0.4) is 0 Å². The molecule has 64 heavy (non-hydrogen) atoms. The molecule has 0 radical (unpaired) electrons. The predicted molar refractivity (Wildman–Crippen MR) is 255 cm³/mol. The van der Waals surface area contributed by atoms with Crippen LogP contribution in [0.25, 0.3) is 44.6 Å². The summed E-state index contributed by atoms with van der Waals surface area (Å²) in [6, 6.07) is 66.9. The van der Waals surface area contributed by atoms with Crippen LogP contribution >= 0.6 is 0 Å². The topological polar surface area (TPSA) is 34.1 Å². The number of ketones is 2. The first-order chi connectivity index (χ1) is 31.4. The molecule has 302 valence electrons. The summed E-state index contributed by atoms with van der Waals surface area (Å²) in [7, 11) is 0. The summed E-state index contributed by atoms with van der Waals surface area (Å²) >= 11 is 0. The molecule has 8 aromatic rings. The molecule has 0 aliphatic heterocycles. The normalized spacial score (nSPS) is 13.8. The molecule has 0 spiro atoms. The highest BCUT2D eigenvalue weighted by Crippen LogP contribution is 2.51. The van der Waals surface area contributed by atoms with Crippen LogP contribution in [0.2, 0.25) is 0 Å². The molecule has 0 amide bonds. The zero-order valence-electron chi connectivity index (χ0n) is 34.4. The average molecular weight is 827 g/mol. The van der Waals surface area contributed by atoms with E-state index in [1.807, 2.05) is 170 Å². The van der Waals surface area contributed by atoms with Crippen LogP contribution in [0.4, 0.5) is 8.78 Å². The number of hydrogen-bond acceptors (Lipinski definition) is 2. The Hall–Kier alpha value is -8.52. The summed E-state index contributed by atoms with van der Waals surface area (Å²) in [6.45, 7) is 0. The zero-order valence-corrected chi connectivity index (χ0v) is 34.4. The van der Waals surface area contributed by atoms with Gasteiger partial charge in [0.25, 0.3) is 0 Å². The molecule has 0 saturated heterocycles. The summed E-state index contributed by atoms with van der Waals surface area (Å²) in [5, 5.41) is 0. The maximum absolute atomic E-state index is 14.6. The third-order valence-electron chi connectivity index (χ3n) is 11.6. The van der Waals surface area contributed by atoms with Gasteiger partial charge in [0.2, 0.25) is 0 Å². The predicted octanol–water partition coefficient (Wildman–Crippen LogP) is 13.6. The summed E-state index contributed by atoms with van der Waals surface area (Å²) < 4.78 is 28.6. The minimum absolute atomic E-state index is 0.0933. The minimum Gasteiger partial charge on any atom is -0.289 e. The van der Waals surface area contributed by atoms with Gasteiger partial charge >= 0.3 is 0 Å². The highest BCUT2D eigenvalue weighted by atomic mass is 19.1. The molecule has 2 aliphatic rings. The second kappa shape index (κ2) is 17.1. The van der Waals surface area contributed by atoms with Crippen LogP contribution in [-0.4, -0.2) is 11.6 Å². The molecule has 0 saturated carbocycles. The lowest BCUT2D eigenvalue weighted by molar-refractivity contribution is -0.109. The van der Waals surface area contributed by atoms with Crippen molar-refractivity contribution in [1.82, 2.24) is 0 Å². The van der Waals surface area contributed by atoms with Gasteiger partial charge in [0.1, 0.15) is 11.6 Å². The Morgan fingerprint density at radius 2 is 0.438 bits per heavy atom. The average Bonchev–Trinajstić information content (AvgIpc) is 3.83. The van der Waals surface area contributed by atoms with Crippen molar-refractivity contribution in [2.45, 2.75) is 0 Å². The number of benzene rings is 8. The lowest BCUT2D eigenvalue weighted by Gasteiger charge is -2.14. The fraction of sp³-hybridized carbons (Fsp3) is 0. The van der Waals surface area contributed by atoms with Crippen LogP contribution in [0.1, 0.15) is 55.6 Å². The molecule has 10 rings (SSSR count). The van der Waals surface area contributed by atoms with E-state index < -0.39 is 0 Å². The van der Waals surface area contributed by atoms with E-state index in [-0.39, 0.29) is 23.2 Å². The van der Waals surface area contributed by atoms with Gasteiger partial charge in [-0.1, -0.05) is 182 Å². The number of carbonyl (C=O) groups excluding carboxylic acids is 2. The van der Waals surface area contributed by atoms with Gasteiger partial charge in [0, 0.05) is 55.7 Å². The van der Waals surface area contributed by atoms with Gasteiger partial charge < -0.3 is 0 Å². The Morgan fingerprint density at radius 1 is 0.234 bits per heavy atom. The molecule has 0 heterocycles. The first-order valence-corrected chi connectivity index (χ1v) is 21.0. The maximum atomic E-state index is 14.6. The Bertz CT molecular complexity index is 3050. The zero-order chi connectivity index (χ0) is 43.6. The molecule has 8 aromatic carbocycles. The van der Waals surface area contributed by atoms with E-state index in [0.717, 1.165) is 77.9 Å². The number of halogens is 2. The van der Waals surface area contributed by atoms with Gasteiger partial charge in [-0.3, -0.25) is 9.59 Å². The molecule has 2 aliphatic carbocycles. The molecule has 2 nitrogen and oxygen atoms in total. The second-order valence-corrected chi connectivity index (χ2v) is 15.5. The Morgan fingerprint density at radius 3 is 0.672 bits per heavy atom. The Balaban J connectivity index is 1.03. The van der Waals surface area contributed by atoms with Crippen LogP contribution in [-0.2, 0) is 9.59 Å². The number of carbonyl (C=O) groups is 2. The van der Waals surface area contributed by atoms with E-state index in [1.54, 1.807) is 24.3 Å². The smallest absolute Gasteiger partial charge is 0.195 e. The molecule has 0 fully saturated rings. The number of allylic oxidation sites excluding steroid dienone is 8. The molecule has 0 unspecified atom stereocenters. The van der Waals surface area contributed by atoms with E-state index in [0.29, 0.717) is 22.3 Å². The van der Waals surface area contributed by atoms with Crippen molar-refractivity contribution >= 4 is 56.2 Å². The summed E-state index contributed by atoms with van der Waals surface area (Å²) in [4.78, 5) is 29.2. The highest BCUT2D eigenvalue weighted by Gasteiger charge is 2.37. The minimum atomic E-state index is -0.354. The standard InChI is InChI=1S/C60H36F2O2/c61-49-35-31-47(32-36-49)53-51(55(41-13-5-1-6-14-41)59(63)57(53)43-17-9-3-10-18-43)45-27-23-39(24-28-45)21-22-40-25-29-46(30-26-40)52-54(48-33-37-50(62)38-34-48)58(44-19-11-4-12-20-44)60(64)56(52)42-15-7-2-8-16-42/h1-20,23-38H.